The van der Waals surface area contributed by atoms with Gasteiger partial charge < -0.3 is 0 Å². The van der Waals surface area contributed by atoms with Crippen LogP contribution in [0.1, 0.15) is 24.0 Å². The van der Waals surface area contributed by atoms with Crippen LogP contribution in [0.15, 0.2) is 42.9 Å². The fraction of sp³-hybridized carbons (Fsp3) is 0.333. The van der Waals surface area contributed by atoms with E-state index in [4.69, 9.17) is 0 Å². The number of benzene rings is 1. The van der Waals surface area contributed by atoms with Crippen LogP contribution in [0, 0.1) is 11.7 Å². The van der Waals surface area contributed by atoms with Gasteiger partial charge in [0, 0.05) is 43.5 Å². The molecule has 1 saturated carbocycles. The maximum atomic E-state index is 13.1. The van der Waals surface area contributed by atoms with Gasteiger partial charge in [0.15, 0.2) is 0 Å². The summed E-state index contributed by atoms with van der Waals surface area (Å²) in [6.45, 7) is 1.03. The number of hydrogen-bond donors (Lipinski definition) is 0. The minimum Gasteiger partial charge on any atom is -0.275 e. The van der Waals surface area contributed by atoms with Gasteiger partial charge in [-0.1, -0.05) is 0 Å². The molecule has 0 atom stereocenters. The van der Waals surface area contributed by atoms with Crippen LogP contribution in [0.3, 0.4) is 0 Å². The second-order valence-electron chi connectivity index (χ2n) is 6.37. The van der Waals surface area contributed by atoms with Crippen LogP contribution in [-0.2, 0) is 20.0 Å². The molecule has 0 amide bonds. The molecule has 0 unspecified atom stereocenters. The zero-order valence-corrected chi connectivity index (χ0v) is 13.1. The van der Waals surface area contributed by atoms with Gasteiger partial charge in [-0.2, -0.15) is 10.2 Å². The first-order valence-corrected chi connectivity index (χ1v) is 7.97. The lowest BCUT2D eigenvalue weighted by atomic mass is 10.0. The molecule has 1 aliphatic rings. The zero-order chi connectivity index (χ0) is 15.8. The van der Waals surface area contributed by atoms with Crippen molar-refractivity contribution in [1.29, 1.82) is 0 Å². The standard InChI is InChI=1S/C18H19FN4/c1-22-12-16(18(21-22)15-4-6-17(19)7-5-15)8-14-9-20-23(11-14)10-13-2-3-13/h4-7,9,11-13H,2-3,8,10H2,1H3. The number of aryl methyl sites for hydroxylation is 1. The van der Waals surface area contributed by atoms with E-state index in [0.29, 0.717) is 0 Å². The van der Waals surface area contributed by atoms with Gasteiger partial charge in [0.1, 0.15) is 5.82 Å². The lowest BCUT2D eigenvalue weighted by Gasteiger charge is -2.01. The summed E-state index contributed by atoms with van der Waals surface area (Å²) in [4.78, 5) is 0. The van der Waals surface area contributed by atoms with Gasteiger partial charge in [0.05, 0.1) is 11.9 Å². The van der Waals surface area contributed by atoms with E-state index in [-0.39, 0.29) is 5.82 Å². The minimum absolute atomic E-state index is 0.229. The van der Waals surface area contributed by atoms with Crippen LogP contribution >= 0.6 is 0 Å². The fourth-order valence-electron chi connectivity index (χ4n) is 2.90. The van der Waals surface area contributed by atoms with Crippen molar-refractivity contribution in [3.8, 4) is 11.3 Å². The Labute approximate surface area is 134 Å². The molecule has 1 aliphatic carbocycles. The quantitative estimate of drug-likeness (QED) is 0.724. The van der Waals surface area contributed by atoms with E-state index < -0.39 is 0 Å². The van der Waals surface area contributed by atoms with Gasteiger partial charge in [-0.15, -0.1) is 0 Å². The van der Waals surface area contributed by atoms with Crippen molar-refractivity contribution in [1.82, 2.24) is 19.6 Å². The molecule has 4 rings (SSSR count). The molecule has 0 radical (unpaired) electrons. The first-order valence-electron chi connectivity index (χ1n) is 7.97. The number of rotatable bonds is 5. The van der Waals surface area contributed by atoms with E-state index in [1.807, 2.05) is 28.8 Å². The molecule has 5 heteroatoms. The van der Waals surface area contributed by atoms with Crippen molar-refractivity contribution in [2.24, 2.45) is 13.0 Å². The van der Waals surface area contributed by atoms with Crippen LogP contribution in [-0.4, -0.2) is 19.6 Å². The summed E-state index contributed by atoms with van der Waals surface area (Å²) >= 11 is 0. The summed E-state index contributed by atoms with van der Waals surface area (Å²) in [5, 5.41) is 8.99. The normalized spacial score (nSPS) is 14.3. The summed E-state index contributed by atoms with van der Waals surface area (Å²) in [5.74, 6) is 0.587. The van der Waals surface area contributed by atoms with E-state index in [1.54, 1.807) is 12.1 Å². The van der Waals surface area contributed by atoms with Gasteiger partial charge in [-0.3, -0.25) is 9.36 Å². The molecule has 0 saturated heterocycles. The number of halogens is 1. The van der Waals surface area contributed by atoms with Crippen molar-refractivity contribution >= 4 is 0 Å². The Morgan fingerprint density at radius 2 is 1.96 bits per heavy atom. The third-order valence-electron chi connectivity index (χ3n) is 4.25. The van der Waals surface area contributed by atoms with Crippen LogP contribution in [0.25, 0.3) is 11.3 Å². The molecule has 118 valence electrons. The third kappa shape index (κ3) is 3.18. The zero-order valence-electron chi connectivity index (χ0n) is 13.1. The molecule has 1 aromatic carbocycles. The molecule has 2 heterocycles. The predicted molar refractivity (Wildman–Crippen MR) is 86.4 cm³/mol. The van der Waals surface area contributed by atoms with Gasteiger partial charge >= 0.3 is 0 Å². The van der Waals surface area contributed by atoms with Crippen LogP contribution < -0.4 is 0 Å². The monoisotopic (exact) mass is 310 g/mol. The lowest BCUT2D eigenvalue weighted by Crippen LogP contribution is -1.99. The number of hydrogen-bond acceptors (Lipinski definition) is 2. The maximum Gasteiger partial charge on any atom is 0.123 e. The molecule has 4 nitrogen and oxygen atoms in total. The van der Waals surface area contributed by atoms with Gasteiger partial charge in [0.2, 0.25) is 0 Å². The molecule has 23 heavy (non-hydrogen) atoms. The summed E-state index contributed by atoms with van der Waals surface area (Å²) in [5.41, 5.74) is 4.15. The SMILES string of the molecule is Cn1cc(Cc2cnn(CC3CC3)c2)c(-c2ccc(F)cc2)n1. The van der Waals surface area contributed by atoms with E-state index >= 15 is 0 Å². The Morgan fingerprint density at radius 3 is 2.70 bits per heavy atom. The van der Waals surface area contributed by atoms with E-state index in [0.717, 1.165) is 35.7 Å². The van der Waals surface area contributed by atoms with Crippen LogP contribution in [0.5, 0.6) is 0 Å². The summed E-state index contributed by atoms with van der Waals surface area (Å²) in [7, 11) is 1.91. The fourth-order valence-corrected chi connectivity index (χ4v) is 2.90. The highest BCUT2D eigenvalue weighted by Crippen LogP contribution is 2.30. The second-order valence-corrected chi connectivity index (χ2v) is 6.37. The molecule has 0 bridgehead atoms. The third-order valence-corrected chi connectivity index (χ3v) is 4.25. The Hall–Kier alpha value is -2.43. The van der Waals surface area contributed by atoms with Crippen molar-refractivity contribution in [2.75, 3.05) is 0 Å². The van der Waals surface area contributed by atoms with E-state index in [2.05, 4.69) is 16.4 Å². The van der Waals surface area contributed by atoms with Gasteiger partial charge in [0.25, 0.3) is 0 Å². The van der Waals surface area contributed by atoms with Crippen molar-refractivity contribution in [3.63, 3.8) is 0 Å². The predicted octanol–water partition coefficient (Wildman–Crippen LogP) is 3.42. The Bertz CT molecular complexity index is 812. The van der Waals surface area contributed by atoms with E-state index in [1.165, 1.54) is 30.5 Å². The molecule has 0 spiro atoms. The average molecular weight is 310 g/mol. The number of nitrogens with zero attached hydrogens (tertiary/aromatic N) is 4. The second kappa shape index (κ2) is 5.65. The smallest absolute Gasteiger partial charge is 0.123 e. The Morgan fingerprint density at radius 1 is 1.17 bits per heavy atom. The van der Waals surface area contributed by atoms with Crippen molar-refractivity contribution in [3.05, 3.63) is 59.8 Å². The molecule has 0 N–H and O–H groups in total. The molecular weight excluding hydrogens is 291 g/mol. The highest BCUT2D eigenvalue weighted by atomic mass is 19.1. The lowest BCUT2D eigenvalue weighted by molar-refractivity contribution is 0.563. The number of aromatic nitrogens is 4. The van der Waals surface area contributed by atoms with Crippen LogP contribution in [0.4, 0.5) is 4.39 Å². The maximum absolute atomic E-state index is 13.1. The molecular formula is C18H19FN4. The van der Waals surface area contributed by atoms with Crippen molar-refractivity contribution in [2.45, 2.75) is 25.8 Å². The summed E-state index contributed by atoms with van der Waals surface area (Å²) in [6, 6.07) is 6.50. The van der Waals surface area contributed by atoms with Crippen molar-refractivity contribution < 1.29 is 4.39 Å². The largest absolute Gasteiger partial charge is 0.275 e. The van der Waals surface area contributed by atoms with E-state index in [9.17, 15) is 4.39 Å². The Kier molecular flexibility index (Phi) is 3.48. The highest BCUT2D eigenvalue weighted by molar-refractivity contribution is 5.63. The minimum atomic E-state index is -0.229. The molecule has 1 fully saturated rings. The topological polar surface area (TPSA) is 35.6 Å². The Balaban J connectivity index is 1.58. The summed E-state index contributed by atoms with van der Waals surface area (Å²) in [6.07, 6.45) is 9.52. The first kappa shape index (κ1) is 14.2. The summed E-state index contributed by atoms with van der Waals surface area (Å²) < 4.78 is 17.0. The van der Waals surface area contributed by atoms with Gasteiger partial charge in [-0.05, 0) is 48.6 Å². The molecule has 2 aromatic heterocycles. The van der Waals surface area contributed by atoms with Crippen LogP contribution in [0.2, 0.25) is 0 Å². The molecule has 3 aromatic rings. The highest BCUT2D eigenvalue weighted by Gasteiger charge is 2.22. The average Bonchev–Trinajstić information content (AvgIpc) is 3.11. The molecule has 0 aliphatic heterocycles. The van der Waals surface area contributed by atoms with Gasteiger partial charge in [-0.25, -0.2) is 4.39 Å². The first-order chi connectivity index (χ1) is 11.2.